The zero-order chi connectivity index (χ0) is 13.2. The first-order valence-corrected chi connectivity index (χ1v) is 6.30. The van der Waals surface area contributed by atoms with Crippen LogP contribution in [0.3, 0.4) is 0 Å². The lowest BCUT2D eigenvalue weighted by Crippen LogP contribution is -2.66. The van der Waals surface area contributed by atoms with E-state index < -0.39 is 5.60 Å². The van der Waals surface area contributed by atoms with Crippen molar-refractivity contribution >= 4 is 5.91 Å². The number of hydrogen-bond acceptors (Lipinski definition) is 4. The fraction of sp³-hybridized carbons (Fsp3) is 0.615. The molecular formula is C13H20N2O3. The van der Waals surface area contributed by atoms with Gasteiger partial charge in [-0.05, 0) is 25.5 Å². The molecule has 1 unspecified atom stereocenters. The molecule has 1 aliphatic rings. The van der Waals surface area contributed by atoms with Crippen LogP contribution in [0.1, 0.15) is 26.0 Å². The van der Waals surface area contributed by atoms with Crippen molar-refractivity contribution in [3.05, 3.63) is 24.2 Å². The quantitative estimate of drug-likeness (QED) is 0.811. The SMILES string of the molecule is CCC1(O)CN(C(C)C(=O)NCc2ccco2)C1. The van der Waals surface area contributed by atoms with Crippen molar-refractivity contribution in [1.29, 1.82) is 0 Å². The van der Waals surface area contributed by atoms with Gasteiger partial charge in [0.1, 0.15) is 5.76 Å². The van der Waals surface area contributed by atoms with E-state index in [1.54, 1.807) is 12.3 Å². The molecule has 0 aromatic carbocycles. The van der Waals surface area contributed by atoms with Gasteiger partial charge in [-0.3, -0.25) is 9.69 Å². The van der Waals surface area contributed by atoms with Crippen molar-refractivity contribution in [3.8, 4) is 0 Å². The molecule has 1 amide bonds. The third-order valence-corrected chi connectivity index (χ3v) is 3.60. The molecule has 2 rings (SSSR count). The topological polar surface area (TPSA) is 65.7 Å². The number of likely N-dealkylation sites (tertiary alicyclic amines) is 1. The van der Waals surface area contributed by atoms with Gasteiger partial charge in [0.05, 0.1) is 24.5 Å². The monoisotopic (exact) mass is 252 g/mol. The number of β-amino-alcohol motifs (C(OH)–C–C–N with tert-alkyl or cyclic N) is 1. The lowest BCUT2D eigenvalue weighted by molar-refractivity contribution is -0.142. The van der Waals surface area contributed by atoms with Gasteiger partial charge in [-0.2, -0.15) is 0 Å². The second-order valence-corrected chi connectivity index (χ2v) is 4.96. The van der Waals surface area contributed by atoms with E-state index >= 15 is 0 Å². The van der Waals surface area contributed by atoms with Gasteiger partial charge < -0.3 is 14.8 Å². The maximum Gasteiger partial charge on any atom is 0.237 e. The van der Waals surface area contributed by atoms with Crippen molar-refractivity contribution in [2.45, 2.75) is 38.5 Å². The van der Waals surface area contributed by atoms with Crippen LogP contribution in [0, 0.1) is 0 Å². The van der Waals surface area contributed by atoms with E-state index in [1.165, 1.54) is 0 Å². The predicted molar refractivity (Wildman–Crippen MR) is 66.8 cm³/mol. The van der Waals surface area contributed by atoms with E-state index in [4.69, 9.17) is 4.42 Å². The smallest absolute Gasteiger partial charge is 0.237 e. The first kappa shape index (κ1) is 13.1. The summed E-state index contributed by atoms with van der Waals surface area (Å²) in [5.41, 5.74) is -0.602. The summed E-state index contributed by atoms with van der Waals surface area (Å²) in [7, 11) is 0. The molecule has 0 aliphatic carbocycles. The first-order chi connectivity index (χ1) is 8.54. The van der Waals surface area contributed by atoms with Crippen LogP contribution in [-0.4, -0.2) is 40.6 Å². The average Bonchev–Trinajstić information content (AvgIpc) is 2.84. The number of aliphatic hydroxyl groups is 1. The standard InChI is InChI=1S/C13H20N2O3/c1-3-13(17)8-15(9-13)10(2)12(16)14-7-11-5-4-6-18-11/h4-6,10,17H,3,7-9H2,1-2H3,(H,14,16). The van der Waals surface area contributed by atoms with E-state index in [2.05, 4.69) is 5.32 Å². The molecule has 0 saturated carbocycles. The van der Waals surface area contributed by atoms with Crippen molar-refractivity contribution in [3.63, 3.8) is 0 Å². The van der Waals surface area contributed by atoms with Gasteiger partial charge in [-0.15, -0.1) is 0 Å². The molecule has 1 atom stereocenters. The molecule has 0 bridgehead atoms. The van der Waals surface area contributed by atoms with Gasteiger partial charge in [0, 0.05) is 13.1 Å². The predicted octanol–water partition coefficient (Wildman–Crippen LogP) is 0.741. The summed E-state index contributed by atoms with van der Waals surface area (Å²) in [5.74, 6) is 0.703. The summed E-state index contributed by atoms with van der Waals surface area (Å²) >= 11 is 0. The van der Waals surface area contributed by atoms with E-state index in [9.17, 15) is 9.90 Å². The Hall–Kier alpha value is -1.33. The highest BCUT2D eigenvalue weighted by atomic mass is 16.3. The summed E-state index contributed by atoms with van der Waals surface area (Å²) in [4.78, 5) is 13.9. The van der Waals surface area contributed by atoms with Crippen molar-refractivity contribution in [2.75, 3.05) is 13.1 Å². The number of nitrogens with one attached hydrogen (secondary N) is 1. The van der Waals surface area contributed by atoms with Gasteiger partial charge in [0.25, 0.3) is 0 Å². The molecule has 100 valence electrons. The molecule has 5 heteroatoms. The molecule has 0 radical (unpaired) electrons. The van der Waals surface area contributed by atoms with Gasteiger partial charge in [0.2, 0.25) is 5.91 Å². The molecule has 18 heavy (non-hydrogen) atoms. The summed E-state index contributed by atoms with van der Waals surface area (Å²) in [6.45, 7) is 5.35. The highest BCUT2D eigenvalue weighted by molar-refractivity contribution is 5.81. The Morgan fingerprint density at radius 2 is 2.39 bits per heavy atom. The van der Waals surface area contributed by atoms with Crippen LogP contribution in [0.4, 0.5) is 0 Å². The summed E-state index contributed by atoms with van der Waals surface area (Å²) in [6.07, 6.45) is 2.31. The van der Waals surface area contributed by atoms with Crippen molar-refractivity contribution < 1.29 is 14.3 Å². The highest BCUT2D eigenvalue weighted by Crippen LogP contribution is 2.25. The van der Waals surface area contributed by atoms with Gasteiger partial charge >= 0.3 is 0 Å². The van der Waals surface area contributed by atoms with Crippen LogP contribution in [0.2, 0.25) is 0 Å². The van der Waals surface area contributed by atoms with Crippen LogP contribution in [0.5, 0.6) is 0 Å². The molecule has 1 fully saturated rings. The van der Waals surface area contributed by atoms with E-state index in [1.807, 2.05) is 24.8 Å². The number of carbonyl (C=O) groups excluding carboxylic acids is 1. The van der Waals surface area contributed by atoms with Crippen LogP contribution < -0.4 is 5.32 Å². The molecule has 1 aromatic rings. The molecule has 1 aromatic heterocycles. The van der Waals surface area contributed by atoms with Crippen LogP contribution >= 0.6 is 0 Å². The Balaban J connectivity index is 1.76. The molecule has 1 aliphatic heterocycles. The molecule has 5 nitrogen and oxygen atoms in total. The van der Waals surface area contributed by atoms with Crippen LogP contribution in [-0.2, 0) is 11.3 Å². The Morgan fingerprint density at radius 1 is 1.67 bits per heavy atom. The van der Waals surface area contributed by atoms with E-state index in [0.717, 1.165) is 12.2 Å². The van der Waals surface area contributed by atoms with Crippen LogP contribution in [0.25, 0.3) is 0 Å². The summed E-state index contributed by atoms with van der Waals surface area (Å²) in [5, 5.41) is 12.7. The number of furan rings is 1. The second-order valence-electron chi connectivity index (χ2n) is 4.96. The van der Waals surface area contributed by atoms with Crippen LogP contribution in [0.15, 0.2) is 22.8 Å². The lowest BCUT2D eigenvalue weighted by Gasteiger charge is -2.48. The molecule has 1 saturated heterocycles. The number of rotatable bonds is 5. The van der Waals surface area contributed by atoms with Gasteiger partial charge in [0.15, 0.2) is 0 Å². The average molecular weight is 252 g/mol. The van der Waals surface area contributed by atoms with Crippen molar-refractivity contribution in [1.82, 2.24) is 10.2 Å². The maximum atomic E-state index is 11.9. The maximum absolute atomic E-state index is 11.9. The Morgan fingerprint density at radius 3 is 2.94 bits per heavy atom. The third-order valence-electron chi connectivity index (χ3n) is 3.60. The zero-order valence-electron chi connectivity index (χ0n) is 10.8. The van der Waals surface area contributed by atoms with Gasteiger partial charge in [-0.1, -0.05) is 6.92 Å². The number of nitrogens with zero attached hydrogens (tertiary/aromatic N) is 1. The zero-order valence-corrected chi connectivity index (χ0v) is 10.8. The van der Waals surface area contributed by atoms with E-state index in [-0.39, 0.29) is 11.9 Å². The third kappa shape index (κ3) is 2.73. The first-order valence-electron chi connectivity index (χ1n) is 6.30. The number of hydrogen-bond donors (Lipinski definition) is 2. The van der Waals surface area contributed by atoms with Crippen molar-refractivity contribution in [2.24, 2.45) is 0 Å². The highest BCUT2D eigenvalue weighted by Gasteiger charge is 2.43. The molecule has 2 N–H and O–H groups in total. The summed E-state index contributed by atoms with van der Waals surface area (Å²) in [6, 6.07) is 3.40. The lowest BCUT2D eigenvalue weighted by atomic mass is 9.90. The van der Waals surface area contributed by atoms with E-state index in [0.29, 0.717) is 19.6 Å². The van der Waals surface area contributed by atoms with Gasteiger partial charge in [-0.25, -0.2) is 0 Å². The fourth-order valence-electron chi connectivity index (χ4n) is 2.11. The molecule has 2 heterocycles. The molecular weight excluding hydrogens is 232 g/mol. The minimum atomic E-state index is -0.602. The fourth-order valence-corrected chi connectivity index (χ4v) is 2.11. The summed E-state index contributed by atoms with van der Waals surface area (Å²) < 4.78 is 5.15. The Bertz CT molecular complexity index is 396. The number of carbonyl (C=O) groups is 1. The minimum absolute atomic E-state index is 0.0375. The molecule has 0 spiro atoms. The largest absolute Gasteiger partial charge is 0.467 e. The number of amides is 1. The minimum Gasteiger partial charge on any atom is -0.467 e. The second kappa shape index (κ2) is 5.12. The Labute approximate surface area is 107 Å². The normalized spacial score (nSPS) is 20.2. The Kier molecular flexibility index (Phi) is 3.73.